The third-order valence-electron chi connectivity index (χ3n) is 5.13. The molecule has 0 saturated carbocycles. The van der Waals surface area contributed by atoms with Gasteiger partial charge in [0.2, 0.25) is 5.91 Å². The van der Waals surface area contributed by atoms with Gasteiger partial charge in [-0.15, -0.1) is 11.8 Å². The highest BCUT2D eigenvalue weighted by Gasteiger charge is 2.32. The summed E-state index contributed by atoms with van der Waals surface area (Å²) < 4.78 is 11.1. The van der Waals surface area contributed by atoms with Crippen LogP contribution in [0.3, 0.4) is 0 Å². The van der Waals surface area contributed by atoms with Gasteiger partial charge in [0.1, 0.15) is 18.1 Å². The van der Waals surface area contributed by atoms with Crippen molar-refractivity contribution in [3.8, 4) is 11.5 Å². The normalized spacial score (nSPS) is 20.5. The number of methoxy groups -OCH3 is 1. The van der Waals surface area contributed by atoms with Crippen molar-refractivity contribution in [2.24, 2.45) is 0 Å². The molecule has 2 aromatic carbocycles. The Morgan fingerprint density at radius 1 is 1.03 bits per heavy atom. The Kier molecular flexibility index (Phi) is 6.43. The van der Waals surface area contributed by atoms with Crippen molar-refractivity contribution in [3.63, 3.8) is 0 Å². The molecule has 1 N–H and O–H groups in total. The maximum atomic E-state index is 12.9. The Balaban J connectivity index is 1.32. The van der Waals surface area contributed by atoms with Crippen LogP contribution < -0.4 is 14.8 Å². The highest BCUT2D eigenvalue weighted by atomic mass is 32.2. The number of nitrogens with zero attached hydrogens (tertiary/aromatic N) is 1. The standard InChI is InChI=1S/C22H22N2O5S2/c1-13-24(21(26)17-12-16(28-2)7-8-18(17)30-13)9-10-29-15-5-3-14(4-6-15)11-19-20(25)23-22(27)31-19/h3-8,12-13,19H,9-11H2,1-2H3,(H,23,25,27). The van der Waals surface area contributed by atoms with Crippen LogP contribution in [0.1, 0.15) is 22.8 Å². The lowest BCUT2D eigenvalue weighted by Crippen LogP contribution is -2.42. The molecule has 2 atom stereocenters. The molecule has 162 valence electrons. The third kappa shape index (κ3) is 4.83. The summed E-state index contributed by atoms with van der Waals surface area (Å²) in [6, 6.07) is 13.0. The molecule has 4 rings (SSSR count). The Hall–Kier alpha value is -2.65. The van der Waals surface area contributed by atoms with Crippen LogP contribution in [0.2, 0.25) is 0 Å². The van der Waals surface area contributed by atoms with Crippen LogP contribution in [0.25, 0.3) is 0 Å². The molecule has 2 aliphatic rings. The minimum Gasteiger partial charge on any atom is -0.497 e. The van der Waals surface area contributed by atoms with Crippen molar-refractivity contribution in [3.05, 3.63) is 53.6 Å². The van der Waals surface area contributed by atoms with Crippen LogP contribution >= 0.6 is 23.5 Å². The SMILES string of the molecule is COc1ccc2c(c1)C(=O)N(CCOc1ccc(CC3SC(=O)NC3=O)cc1)C(C)S2. The van der Waals surface area contributed by atoms with E-state index in [0.717, 1.165) is 22.2 Å². The zero-order valence-corrected chi connectivity index (χ0v) is 18.8. The highest BCUT2D eigenvalue weighted by molar-refractivity contribution is 8.15. The molecule has 0 spiro atoms. The van der Waals surface area contributed by atoms with Gasteiger partial charge in [-0.3, -0.25) is 19.7 Å². The van der Waals surface area contributed by atoms with Gasteiger partial charge in [-0.05, 0) is 49.2 Å². The van der Waals surface area contributed by atoms with Gasteiger partial charge in [-0.2, -0.15) is 0 Å². The van der Waals surface area contributed by atoms with E-state index in [4.69, 9.17) is 9.47 Å². The van der Waals surface area contributed by atoms with Gasteiger partial charge in [-0.1, -0.05) is 23.9 Å². The van der Waals surface area contributed by atoms with Crippen LogP contribution in [0, 0.1) is 0 Å². The van der Waals surface area contributed by atoms with Gasteiger partial charge in [0.25, 0.3) is 11.1 Å². The second kappa shape index (κ2) is 9.23. The van der Waals surface area contributed by atoms with E-state index in [1.54, 1.807) is 29.8 Å². The smallest absolute Gasteiger partial charge is 0.286 e. The number of fused-ring (bicyclic) bond motifs is 1. The third-order valence-corrected chi connectivity index (χ3v) is 7.31. The predicted molar refractivity (Wildman–Crippen MR) is 120 cm³/mol. The minimum absolute atomic E-state index is 0.0112. The summed E-state index contributed by atoms with van der Waals surface area (Å²) in [5, 5.41) is 1.63. The number of carbonyl (C=O) groups is 3. The van der Waals surface area contributed by atoms with E-state index in [2.05, 4.69) is 5.32 Å². The van der Waals surface area contributed by atoms with E-state index < -0.39 is 0 Å². The molecule has 2 unspecified atom stereocenters. The summed E-state index contributed by atoms with van der Waals surface area (Å²) in [6.45, 7) is 2.84. The molecule has 0 bridgehead atoms. The first-order valence-electron chi connectivity index (χ1n) is 9.83. The maximum Gasteiger partial charge on any atom is 0.286 e. The van der Waals surface area contributed by atoms with Gasteiger partial charge in [-0.25, -0.2) is 0 Å². The second-order valence-electron chi connectivity index (χ2n) is 7.16. The molecule has 0 aliphatic carbocycles. The predicted octanol–water partition coefficient (Wildman–Crippen LogP) is 3.56. The number of carbonyl (C=O) groups excluding carboxylic acids is 3. The van der Waals surface area contributed by atoms with Crippen LogP contribution in [0.15, 0.2) is 47.4 Å². The van der Waals surface area contributed by atoms with Crippen LogP contribution in [0.5, 0.6) is 11.5 Å². The lowest BCUT2D eigenvalue weighted by atomic mass is 10.1. The lowest BCUT2D eigenvalue weighted by Gasteiger charge is -2.34. The number of imide groups is 1. The zero-order valence-electron chi connectivity index (χ0n) is 17.1. The number of thioether (sulfide) groups is 2. The summed E-state index contributed by atoms with van der Waals surface area (Å²) in [6.07, 6.45) is 0.489. The molecule has 7 nitrogen and oxygen atoms in total. The summed E-state index contributed by atoms with van der Waals surface area (Å²) in [7, 11) is 1.59. The van der Waals surface area contributed by atoms with Crippen molar-refractivity contribution in [1.29, 1.82) is 0 Å². The number of ether oxygens (including phenoxy) is 2. The molecule has 0 aromatic heterocycles. The Morgan fingerprint density at radius 3 is 2.45 bits per heavy atom. The van der Waals surface area contributed by atoms with E-state index in [9.17, 15) is 14.4 Å². The minimum atomic E-state index is -0.384. The first-order chi connectivity index (χ1) is 14.9. The van der Waals surface area contributed by atoms with Gasteiger partial charge in [0.15, 0.2) is 0 Å². The van der Waals surface area contributed by atoms with Gasteiger partial charge >= 0.3 is 0 Å². The lowest BCUT2D eigenvalue weighted by molar-refractivity contribution is -0.118. The summed E-state index contributed by atoms with van der Waals surface area (Å²) in [5.74, 6) is 1.08. The van der Waals surface area contributed by atoms with Crippen LogP contribution in [-0.2, 0) is 11.2 Å². The number of nitrogens with one attached hydrogen (secondary N) is 1. The largest absolute Gasteiger partial charge is 0.497 e. The Labute approximate surface area is 188 Å². The van der Waals surface area contributed by atoms with E-state index in [0.29, 0.717) is 36.6 Å². The fourth-order valence-electron chi connectivity index (χ4n) is 3.48. The Morgan fingerprint density at radius 2 is 1.77 bits per heavy atom. The van der Waals surface area contributed by atoms with E-state index in [1.807, 2.05) is 43.3 Å². The number of hydrogen-bond acceptors (Lipinski definition) is 7. The maximum absolute atomic E-state index is 12.9. The van der Waals surface area contributed by atoms with Crippen LogP contribution in [0.4, 0.5) is 4.79 Å². The molecule has 3 amide bonds. The molecule has 9 heteroatoms. The number of amides is 3. The quantitative estimate of drug-likeness (QED) is 0.679. The fraction of sp³-hybridized carbons (Fsp3) is 0.318. The average Bonchev–Trinajstić information content (AvgIpc) is 3.08. The second-order valence-corrected chi connectivity index (χ2v) is 9.69. The number of rotatable bonds is 7. The first-order valence-corrected chi connectivity index (χ1v) is 11.6. The topological polar surface area (TPSA) is 84.9 Å². The molecular weight excluding hydrogens is 436 g/mol. The number of hydrogen-bond donors (Lipinski definition) is 1. The molecule has 2 aromatic rings. The van der Waals surface area contributed by atoms with Gasteiger partial charge < -0.3 is 14.4 Å². The summed E-state index contributed by atoms with van der Waals surface area (Å²) in [4.78, 5) is 38.7. The van der Waals surface area contributed by atoms with Crippen molar-refractivity contribution in [2.75, 3.05) is 20.3 Å². The molecule has 31 heavy (non-hydrogen) atoms. The monoisotopic (exact) mass is 458 g/mol. The highest BCUT2D eigenvalue weighted by Crippen LogP contribution is 2.37. The number of benzene rings is 2. The molecule has 2 aliphatic heterocycles. The van der Waals surface area contributed by atoms with Gasteiger partial charge in [0, 0.05) is 4.90 Å². The van der Waals surface area contributed by atoms with Crippen molar-refractivity contribution in [1.82, 2.24) is 10.2 Å². The van der Waals surface area contributed by atoms with Crippen molar-refractivity contribution in [2.45, 2.75) is 28.9 Å². The van der Waals surface area contributed by atoms with E-state index >= 15 is 0 Å². The van der Waals surface area contributed by atoms with Gasteiger partial charge in [0.05, 0.1) is 29.8 Å². The van der Waals surface area contributed by atoms with E-state index in [1.165, 1.54) is 0 Å². The van der Waals surface area contributed by atoms with Crippen molar-refractivity contribution < 1.29 is 23.9 Å². The molecule has 1 saturated heterocycles. The van der Waals surface area contributed by atoms with E-state index in [-0.39, 0.29) is 27.7 Å². The first kappa shape index (κ1) is 21.6. The Bertz CT molecular complexity index is 1010. The molecule has 0 radical (unpaired) electrons. The summed E-state index contributed by atoms with van der Waals surface area (Å²) in [5.41, 5.74) is 1.61. The van der Waals surface area contributed by atoms with Crippen LogP contribution in [-0.4, -0.2) is 52.8 Å². The molecule has 2 heterocycles. The molecular formula is C22H22N2O5S2. The van der Waals surface area contributed by atoms with Crippen molar-refractivity contribution >= 4 is 40.6 Å². The molecule has 1 fully saturated rings. The summed E-state index contributed by atoms with van der Waals surface area (Å²) >= 11 is 2.66. The fourth-order valence-corrected chi connectivity index (χ4v) is 5.46. The average molecular weight is 459 g/mol. The zero-order chi connectivity index (χ0) is 22.0.